The molecule has 0 saturated carbocycles. The lowest BCUT2D eigenvalue weighted by Crippen LogP contribution is -2.51. The van der Waals surface area contributed by atoms with Gasteiger partial charge in [-0.1, -0.05) is 37.7 Å². The molecule has 7 nitrogen and oxygen atoms in total. The van der Waals surface area contributed by atoms with Gasteiger partial charge in [0, 0.05) is 11.1 Å². The minimum absolute atomic E-state index is 0.241. The first-order valence-corrected chi connectivity index (χ1v) is 12.3. The maximum atomic E-state index is 11.8. The van der Waals surface area contributed by atoms with Gasteiger partial charge in [0.25, 0.3) is 5.24 Å². The molecule has 0 aromatic heterocycles. The molecule has 2 aromatic carbocycles. The predicted octanol–water partition coefficient (Wildman–Crippen LogP) is 4.85. The zero-order valence-corrected chi connectivity index (χ0v) is 21.0. The van der Waals surface area contributed by atoms with Gasteiger partial charge in [-0.2, -0.15) is 0 Å². The SMILES string of the molecule is Cc1c(C)c2c(c(C)c1O)OCC(COc1ccc(CC3SC(=O)NC3=O)cc1)(CC(C)C)O2. The predicted molar refractivity (Wildman–Crippen MR) is 131 cm³/mol. The molecular formula is C26H31NO6S. The Balaban J connectivity index is 1.49. The normalized spacial score (nSPS) is 21.6. The first kappa shape index (κ1) is 24.3. The maximum absolute atomic E-state index is 11.8. The van der Waals surface area contributed by atoms with Crippen LogP contribution in [0.3, 0.4) is 0 Å². The number of carbonyl (C=O) groups is 2. The number of hydrogen-bond donors (Lipinski definition) is 2. The molecule has 2 amide bonds. The van der Waals surface area contributed by atoms with Gasteiger partial charge in [0.05, 0.1) is 5.25 Å². The number of hydrogen-bond acceptors (Lipinski definition) is 7. The summed E-state index contributed by atoms with van der Waals surface area (Å²) in [6, 6.07) is 7.56. The molecule has 1 fully saturated rings. The fourth-order valence-corrected chi connectivity index (χ4v) is 5.34. The smallest absolute Gasteiger partial charge is 0.286 e. The van der Waals surface area contributed by atoms with E-state index in [0.29, 0.717) is 48.4 Å². The van der Waals surface area contributed by atoms with Crippen LogP contribution in [0.4, 0.5) is 4.79 Å². The quantitative estimate of drug-likeness (QED) is 0.579. The summed E-state index contributed by atoms with van der Waals surface area (Å²) in [7, 11) is 0. The number of nitrogens with one attached hydrogen (secondary N) is 1. The minimum Gasteiger partial charge on any atom is -0.507 e. The third-order valence-corrected chi connectivity index (χ3v) is 7.33. The van der Waals surface area contributed by atoms with Crippen molar-refractivity contribution < 1.29 is 28.9 Å². The van der Waals surface area contributed by atoms with Crippen molar-refractivity contribution in [3.05, 3.63) is 46.5 Å². The van der Waals surface area contributed by atoms with Crippen LogP contribution in [0.1, 0.15) is 42.5 Å². The van der Waals surface area contributed by atoms with Crippen LogP contribution in [-0.4, -0.2) is 40.3 Å². The summed E-state index contributed by atoms with van der Waals surface area (Å²) < 4.78 is 18.9. The van der Waals surface area contributed by atoms with E-state index in [1.165, 1.54) is 0 Å². The number of phenols is 1. The van der Waals surface area contributed by atoms with E-state index < -0.39 is 10.9 Å². The highest BCUT2D eigenvalue weighted by Gasteiger charge is 2.41. The van der Waals surface area contributed by atoms with Gasteiger partial charge in [0.1, 0.15) is 24.7 Å². The Morgan fingerprint density at radius 2 is 1.82 bits per heavy atom. The van der Waals surface area contributed by atoms with E-state index in [-0.39, 0.29) is 16.9 Å². The molecule has 0 aliphatic carbocycles. The Morgan fingerprint density at radius 3 is 2.44 bits per heavy atom. The number of ether oxygens (including phenoxy) is 3. The summed E-state index contributed by atoms with van der Waals surface area (Å²) in [6.07, 6.45) is 1.23. The topological polar surface area (TPSA) is 94.1 Å². The molecule has 0 spiro atoms. The van der Waals surface area contributed by atoms with Gasteiger partial charge in [-0.25, -0.2) is 0 Å². The molecule has 2 heterocycles. The Kier molecular flexibility index (Phi) is 6.71. The Bertz CT molecular complexity index is 1110. The Labute approximate surface area is 204 Å². The second-order valence-electron chi connectivity index (χ2n) is 9.57. The lowest BCUT2D eigenvalue weighted by molar-refractivity contribution is -0.118. The van der Waals surface area contributed by atoms with Gasteiger partial charge in [0.15, 0.2) is 17.1 Å². The van der Waals surface area contributed by atoms with Crippen LogP contribution in [0.15, 0.2) is 24.3 Å². The summed E-state index contributed by atoms with van der Waals surface area (Å²) in [5, 5.41) is 12.0. The van der Waals surface area contributed by atoms with Crippen LogP contribution >= 0.6 is 11.8 Å². The largest absolute Gasteiger partial charge is 0.507 e. The number of phenolic OH excluding ortho intramolecular Hbond substituents is 1. The third kappa shape index (κ3) is 4.82. The van der Waals surface area contributed by atoms with E-state index in [1.54, 1.807) is 0 Å². The average molecular weight is 486 g/mol. The van der Waals surface area contributed by atoms with Gasteiger partial charge in [-0.05, 0) is 62.8 Å². The van der Waals surface area contributed by atoms with E-state index in [1.807, 2.05) is 45.0 Å². The van der Waals surface area contributed by atoms with Crippen LogP contribution in [0.2, 0.25) is 0 Å². The number of thioether (sulfide) groups is 1. The van der Waals surface area contributed by atoms with Gasteiger partial charge in [-0.3, -0.25) is 14.9 Å². The number of carbonyl (C=O) groups excluding carboxylic acids is 2. The third-order valence-electron chi connectivity index (χ3n) is 6.35. The maximum Gasteiger partial charge on any atom is 0.286 e. The van der Waals surface area contributed by atoms with E-state index in [2.05, 4.69) is 19.2 Å². The van der Waals surface area contributed by atoms with Crippen molar-refractivity contribution in [1.29, 1.82) is 0 Å². The summed E-state index contributed by atoms with van der Waals surface area (Å²) >= 11 is 1.03. The van der Waals surface area contributed by atoms with Crippen molar-refractivity contribution in [2.75, 3.05) is 13.2 Å². The highest BCUT2D eigenvalue weighted by molar-refractivity contribution is 8.15. The standard InChI is InChI=1S/C26H31NO6S/c1-14(2)11-26(13-32-22-17(5)21(28)15(3)16(4)23(22)33-26)12-31-19-8-6-18(7-9-19)10-20-24(29)27-25(30)34-20/h6-9,14,20,28H,10-13H2,1-5H3,(H,27,29,30). The van der Waals surface area contributed by atoms with Crippen molar-refractivity contribution in [2.45, 2.75) is 58.3 Å². The number of amides is 2. The highest BCUT2D eigenvalue weighted by atomic mass is 32.2. The van der Waals surface area contributed by atoms with Gasteiger partial charge >= 0.3 is 0 Å². The Morgan fingerprint density at radius 1 is 1.12 bits per heavy atom. The minimum atomic E-state index is -0.667. The molecule has 8 heteroatoms. The zero-order valence-electron chi connectivity index (χ0n) is 20.2. The molecule has 2 aliphatic heterocycles. The number of fused-ring (bicyclic) bond motifs is 1. The first-order valence-electron chi connectivity index (χ1n) is 11.5. The lowest BCUT2D eigenvalue weighted by Gasteiger charge is -2.40. The molecule has 4 rings (SSSR count). The number of benzene rings is 2. The number of rotatable bonds is 7. The van der Waals surface area contributed by atoms with Crippen molar-refractivity contribution in [3.63, 3.8) is 0 Å². The highest BCUT2D eigenvalue weighted by Crippen LogP contribution is 2.47. The van der Waals surface area contributed by atoms with Crippen molar-refractivity contribution in [2.24, 2.45) is 5.92 Å². The Hall–Kier alpha value is -2.87. The lowest BCUT2D eigenvalue weighted by atomic mass is 9.91. The molecule has 0 bridgehead atoms. The molecule has 2 unspecified atom stereocenters. The molecule has 182 valence electrons. The van der Waals surface area contributed by atoms with Crippen LogP contribution < -0.4 is 19.5 Å². The van der Waals surface area contributed by atoms with Crippen LogP contribution in [0.25, 0.3) is 0 Å². The average Bonchev–Trinajstić information content (AvgIpc) is 3.11. The van der Waals surface area contributed by atoms with Crippen LogP contribution in [0, 0.1) is 26.7 Å². The summed E-state index contributed by atoms with van der Waals surface area (Å²) in [5.74, 6) is 2.31. The molecule has 2 aromatic rings. The summed E-state index contributed by atoms with van der Waals surface area (Å²) in [5.41, 5.74) is 2.62. The van der Waals surface area contributed by atoms with Crippen LogP contribution in [-0.2, 0) is 11.2 Å². The first-order chi connectivity index (χ1) is 16.1. The molecule has 34 heavy (non-hydrogen) atoms. The second-order valence-corrected chi connectivity index (χ2v) is 10.7. The number of aromatic hydroxyl groups is 1. The van der Waals surface area contributed by atoms with E-state index in [9.17, 15) is 14.7 Å². The van der Waals surface area contributed by atoms with E-state index in [0.717, 1.165) is 34.9 Å². The molecule has 2 atom stereocenters. The number of imide groups is 1. The monoisotopic (exact) mass is 485 g/mol. The van der Waals surface area contributed by atoms with Gasteiger partial charge in [-0.15, -0.1) is 0 Å². The fourth-order valence-electron chi connectivity index (χ4n) is 4.48. The van der Waals surface area contributed by atoms with E-state index >= 15 is 0 Å². The van der Waals surface area contributed by atoms with Gasteiger partial charge < -0.3 is 19.3 Å². The van der Waals surface area contributed by atoms with E-state index in [4.69, 9.17) is 14.2 Å². The van der Waals surface area contributed by atoms with Crippen molar-refractivity contribution in [3.8, 4) is 23.0 Å². The summed E-state index contributed by atoms with van der Waals surface area (Å²) in [6.45, 7) is 10.5. The van der Waals surface area contributed by atoms with Crippen molar-refractivity contribution in [1.82, 2.24) is 5.32 Å². The zero-order chi connectivity index (χ0) is 24.6. The van der Waals surface area contributed by atoms with Crippen molar-refractivity contribution >= 4 is 22.9 Å². The van der Waals surface area contributed by atoms with Crippen LogP contribution in [0.5, 0.6) is 23.0 Å². The summed E-state index contributed by atoms with van der Waals surface area (Å²) in [4.78, 5) is 23.2. The molecule has 0 radical (unpaired) electrons. The molecular weight excluding hydrogens is 454 g/mol. The fraction of sp³-hybridized carbons (Fsp3) is 0.462. The second kappa shape index (κ2) is 9.41. The van der Waals surface area contributed by atoms with Gasteiger partial charge in [0.2, 0.25) is 5.91 Å². The molecule has 1 saturated heterocycles. The molecule has 2 aliphatic rings. The molecule has 2 N–H and O–H groups in total.